The highest BCUT2D eigenvalue weighted by Gasteiger charge is 2.23. The van der Waals surface area contributed by atoms with Gasteiger partial charge in [-0.25, -0.2) is 13.4 Å². The van der Waals surface area contributed by atoms with Crippen LogP contribution in [0.15, 0.2) is 67.0 Å². The molecule has 4 rings (SSSR count). The molecule has 35 heavy (non-hydrogen) atoms. The molecule has 182 valence electrons. The van der Waals surface area contributed by atoms with Crippen molar-refractivity contribution in [3.63, 3.8) is 0 Å². The van der Waals surface area contributed by atoms with Crippen LogP contribution in [0.25, 0.3) is 10.2 Å². The van der Waals surface area contributed by atoms with Crippen molar-refractivity contribution in [2.45, 2.75) is 25.1 Å². The number of anilines is 1. The quantitative estimate of drug-likeness (QED) is 0.277. The number of benzene rings is 2. The third kappa shape index (κ3) is 6.36. The molecule has 0 aliphatic carbocycles. The summed E-state index contributed by atoms with van der Waals surface area (Å²) >= 11 is 7.67. The van der Waals surface area contributed by atoms with Gasteiger partial charge in [-0.1, -0.05) is 59.3 Å². The number of pyridine rings is 1. The summed E-state index contributed by atoms with van der Waals surface area (Å²) in [6.45, 7) is 0.253. The van der Waals surface area contributed by atoms with Gasteiger partial charge in [0.2, 0.25) is 5.91 Å². The fourth-order valence-electron chi connectivity index (χ4n) is 3.64. The second-order valence-corrected chi connectivity index (χ2v) is 11.5. The van der Waals surface area contributed by atoms with Crippen LogP contribution in [0.2, 0.25) is 5.02 Å². The zero-order chi connectivity index (χ0) is 24.8. The van der Waals surface area contributed by atoms with Crippen LogP contribution in [0.4, 0.5) is 5.13 Å². The Kier molecular flexibility index (Phi) is 8.00. The minimum Gasteiger partial charge on any atom is -0.494 e. The average molecular weight is 530 g/mol. The van der Waals surface area contributed by atoms with Crippen LogP contribution in [0.1, 0.15) is 24.0 Å². The predicted molar refractivity (Wildman–Crippen MR) is 140 cm³/mol. The highest BCUT2D eigenvalue weighted by Crippen LogP contribution is 2.39. The summed E-state index contributed by atoms with van der Waals surface area (Å²) in [4.78, 5) is 23.7. The number of nitrogens with zero attached hydrogens (tertiary/aromatic N) is 3. The molecule has 0 atom stereocenters. The number of carbonyl (C=O) groups excluding carboxylic acids is 1. The van der Waals surface area contributed by atoms with E-state index in [1.807, 2.05) is 24.3 Å². The predicted octanol–water partition coefficient (Wildman–Crippen LogP) is 5.28. The Morgan fingerprint density at radius 3 is 2.57 bits per heavy atom. The van der Waals surface area contributed by atoms with Crippen LogP contribution in [-0.2, 0) is 26.9 Å². The van der Waals surface area contributed by atoms with Gasteiger partial charge in [0.25, 0.3) is 0 Å². The van der Waals surface area contributed by atoms with E-state index in [9.17, 15) is 13.2 Å². The number of hydrogen-bond acceptors (Lipinski definition) is 7. The van der Waals surface area contributed by atoms with Crippen molar-refractivity contribution in [2.75, 3.05) is 17.8 Å². The molecule has 0 spiro atoms. The van der Waals surface area contributed by atoms with Crippen molar-refractivity contribution in [3.05, 3.63) is 83.1 Å². The van der Waals surface area contributed by atoms with Crippen molar-refractivity contribution in [1.82, 2.24) is 9.97 Å². The molecule has 4 aromatic rings. The summed E-state index contributed by atoms with van der Waals surface area (Å²) in [5.74, 6) is 0.219. The molecule has 0 aliphatic rings. The summed E-state index contributed by atoms with van der Waals surface area (Å²) in [6, 6.07) is 16.2. The molecule has 10 heteroatoms. The zero-order valence-electron chi connectivity index (χ0n) is 19.1. The van der Waals surface area contributed by atoms with Gasteiger partial charge in [-0.05, 0) is 35.7 Å². The lowest BCUT2D eigenvalue weighted by molar-refractivity contribution is -0.118. The van der Waals surface area contributed by atoms with Gasteiger partial charge in [0.05, 0.1) is 34.9 Å². The van der Waals surface area contributed by atoms with E-state index in [1.165, 1.54) is 11.3 Å². The van der Waals surface area contributed by atoms with Gasteiger partial charge in [-0.2, -0.15) is 0 Å². The topological polar surface area (TPSA) is 89.5 Å². The van der Waals surface area contributed by atoms with Crippen LogP contribution in [0.3, 0.4) is 0 Å². The van der Waals surface area contributed by atoms with E-state index in [0.29, 0.717) is 21.4 Å². The molecule has 0 N–H and O–H groups in total. The molecule has 7 nitrogen and oxygen atoms in total. The number of rotatable bonds is 10. The number of fused-ring (bicyclic) bond motifs is 1. The first-order valence-electron chi connectivity index (χ1n) is 10.9. The third-order valence-corrected chi connectivity index (χ3v) is 8.56. The van der Waals surface area contributed by atoms with E-state index < -0.39 is 9.84 Å². The molecule has 0 bridgehead atoms. The number of amides is 1. The van der Waals surface area contributed by atoms with Crippen molar-refractivity contribution >= 4 is 54.0 Å². The van der Waals surface area contributed by atoms with Crippen molar-refractivity contribution < 1.29 is 17.9 Å². The molecule has 2 heterocycles. The number of hydrogen-bond donors (Lipinski definition) is 0. The molecular weight excluding hydrogens is 506 g/mol. The Morgan fingerprint density at radius 2 is 1.86 bits per heavy atom. The molecular formula is C25H24ClN3O4S2. The summed E-state index contributed by atoms with van der Waals surface area (Å²) in [5.41, 5.74) is 2.14. The number of ether oxygens (including phenoxy) is 1. The largest absolute Gasteiger partial charge is 0.494 e. The lowest BCUT2D eigenvalue weighted by Crippen LogP contribution is -2.30. The second-order valence-electron chi connectivity index (χ2n) is 7.95. The molecule has 0 saturated carbocycles. The lowest BCUT2D eigenvalue weighted by atomic mass is 10.2. The Morgan fingerprint density at radius 1 is 1.09 bits per heavy atom. The Hall–Kier alpha value is -3.01. The molecule has 0 saturated heterocycles. The first-order valence-corrected chi connectivity index (χ1v) is 13.9. The summed E-state index contributed by atoms with van der Waals surface area (Å²) in [5, 5.41) is 0.984. The normalized spacial score (nSPS) is 11.5. The standard InChI is InChI=1S/C25H24ClN3O4S2/c1-33-21-12-11-20(26)24-23(21)28-25(34-24)29(16-19-9-5-13-27-15-19)22(30)10-6-14-35(31,32)17-18-7-3-2-4-8-18/h2-5,7-9,11-13,15H,6,10,14,16-17H2,1H3. The van der Waals surface area contributed by atoms with Crippen molar-refractivity contribution in [3.8, 4) is 5.75 Å². The molecule has 0 radical (unpaired) electrons. The van der Waals surface area contributed by atoms with Crippen LogP contribution in [0, 0.1) is 0 Å². The Balaban J connectivity index is 1.53. The first kappa shape index (κ1) is 25.1. The van der Waals surface area contributed by atoms with E-state index in [-0.39, 0.29) is 36.8 Å². The highest BCUT2D eigenvalue weighted by molar-refractivity contribution is 7.90. The summed E-state index contributed by atoms with van der Waals surface area (Å²) < 4.78 is 31.3. The third-order valence-electron chi connectivity index (χ3n) is 5.34. The maximum atomic E-state index is 13.3. The fourth-order valence-corrected chi connectivity index (χ4v) is 6.34. The molecule has 0 aliphatic heterocycles. The number of halogens is 1. The maximum absolute atomic E-state index is 13.3. The number of aromatic nitrogens is 2. The van der Waals surface area contributed by atoms with Crippen LogP contribution < -0.4 is 9.64 Å². The minimum atomic E-state index is -3.34. The monoisotopic (exact) mass is 529 g/mol. The van der Waals surface area contributed by atoms with Crippen LogP contribution in [0.5, 0.6) is 5.75 Å². The van der Waals surface area contributed by atoms with Gasteiger partial charge in [0.1, 0.15) is 11.3 Å². The first-order chi connectivity index (χ1) is 16.9. The fraction of sp³-hybridized carbons (Fsp3) is 0.240. The van der Waals surface area contributed by atoms with Gasteiger partial charge in [0.15, 0.2) is 15.0 Å². The average Bonchev–Trinajstić information content (AvgIpc) is 3.30. The minimum absolute atomic E-state index is 0.0441. The Labute approximate surface area is 213 Å². The van der Waals surface area contributed by atoms with Crippen molar-refractivity contribution in [2.24, 2.45) is 0 Å². The summed E-state index contributed by atoms with van der Waals surface area (Å²) in [6.07, 6.45) is 3.63. The SMILES string of the molecule is COc1ccc(Cl)c2sc(N(Cc3cccnc3)C(=O)CCCS(=O)(=O)Cc3ccccc3)nc12. The van der Waals surface area contributed by atoms with E-state index in [0.717, 1.165) is 15.8 Å². The highest BCUT2D eigenvalue weighted by atomic mass is 35.5. The zero-order valence-corrected chi connectivity index (χ0v) is 21.4. The molecule has 0 unspecified atom stereocenters. The van der Waals surface area contributed by atoms with E-state index in [2.05, 4.69) is 9.97 Å². The molecule has 0 fully saturated rings. The number of thiazole rings is 1. The van der Waals surface area contributed by atoms with E-state index >= 15 is 0 Å². The Bertz CT molecular complexity index is 1410. The lowest BCUT2D eigenvalue weighted by Gasteiger charge is -2.20. The van der Waals surface area contributed by atoms with Crippen molar-refractivity contribution in [1.29, 1.82) is 0 Å². The van der Waals surface area contributed by atoms with Gasteiger partial charge in [-0.15, -0.1) is 0 Å². The summed E-state index contributed by atoms with van der Waals surface area (Å²) in [7, 11) is -1.79. The molecule has 2 aromatic heterocycles. The van der Waals surface area contributed by atoms with Crippen LogP contribution >= 0.6 is 22.9 Å². The number of methoxy groups -OCH3 is 1. The molecule has 1 amide bonds. The van der Waals surface area contributed by atoms with Gasteiger partial charge in [-0.3, -0.25) is 14.7 Å². The number of carbonyl (C=O) groups is 1. The maximum Gasteiger partial charge on any atom is 0.229 e. The smallest absolute Gasteiger partial charge is 0.229 e. The van der Waals surface area contributed by atoms with Gasteiger partial charge in [0, 0.05) is 18.8 Å². The van der Waals surface area contributed by atoms with Gasteiger partial charge < -0.3 is 4.74 Å². The van der Waals surface area contributed by atoms with Gasteiger partial charge >= 0.3 is 0 Å². The second kappa shape index (κ2) is 11.2. The van der Waals surface area contributed by atoms with Crippen LogP contribution in [-0.4, -0.2) is 37.2 Å². The van der Waals surface area contributed by atoms with E-state index in [4.69, 9.17) is 16.3 Å². The molecule has 2 aromatic carbocycles. The van der Waals surface area contributed by atoms with E-state index in [1.54, 1.807) is 54.7 Å². The number of sulfone groups is 1.